The molecule has 3 aromatic carbocycles. The summed E-state index contributed by atoms with van der Waals surface area (Å²) in [6, 6.07) is 24.5. The Bertz CT molecular complexity index is 1270. The van der Waals surface area contributed by atoms with Crippen LogP contribution in [-0.2, 0) is 6.61 Å². The molecule has 1 aromatic heterocycles. The number of nitrogens with one attached hydrogen (secondary N) is 2. The molecular formula is C26H24N4O4. The van der Waals surface area contributed by atoms with Crippen LogP contribution in [0.5, 0.6) is 17.2 Å². The molecule has 0 spiro atoms. The lowest BCUT2D eigenvalue weighted by Gasteiger charge is -2.06. The normalized spacial score (nSPS) is 10.8. The molecule has 0 unspecified atom stereocenters. The van der Waals surface area contributed by atoms with Gasteiger partial charge in [-0.1, -0.05) is 30.3 Å². The van der Waals surface area contributed by atoms with Crippen molar-refractivity contribution in [1.82, 2.24) is 15.6 Å². The highest BCUT2D eigenvalue weighted by molar-refractivity contribution is 5.94. The van der Waals surface area contributed by atoms with Crippen LogP contribution in [0.3, 0.4) is 0 Å². The van der Waals surface area contributed by atoms with Gasteiger partial charge in [0.15, 0.2) is 0 Å². The molecule has 4 aromatic rings. The molecule has 0 fully saturated rings. The molecular weight excluding hydrogens is 432 g/mol. The van der Waals surface area contributed by atoms with E-state index in [4.69, 9.17) is 14.2 Å². The topological polar surface area (TPSA) is 97.8 Å². The van der Waals surface area contributed by atoms with Crippen LogP contribution in [0.2, 0.25) is 0 Å². The van der Waals surface area contributed by atoms with Crippen LogP contribution in [-0.4, -0.2) is 36.5 Å². The van der Waals surface area contributed by atoms with E-state index >= 15 is 0 Å². The third-order valence-corrected chi connectivity index (χ3v) is 5.03. The lowest BCUT2D eigenvalue weighted by atomic mass is 10.1. The molecule has 0 radical (unpaired) electrons. The van der Waals surface area contributed by atoms with Gasteiger partial charge in [-0.2, -0.15) is 10.2 Å². The maximum absolute atomic E-state index is 12.5. The number of nitrogens with zero attached hydrogens (tertiary/aromatic N) is 2. The third kappa shape index (κ3) is 5.60. The number of carbonyl (C=O) groups excluding carboxylic acids is 1. The highest BCUT2D eigenvalue weighted by Gasteiger charge is 2.11. The Hall–Kier alpha value is -4.59. The Labute approximate surface area is 197 Å². The zero-order valence-electron chi connectivity index (χ0n) is 18.8. The standard InChI is InChI=1S/C26H24N4O4/c1-32-22-12-13-25(33-2)20(14-22)16-27-30-26(31)24-15-23(28-29-24)19-8-10-21(11-9-19)34-17-18-6-4-3-5-7-18/h3-16H,17H2,1-2H3,(H,28,29)(H,30,31)/b27-16+. The van der Waals surface area contributed by atoms with E-state index < -0.39 is 5.91 Å². The van der Waals surface area contributed by atoms with Gasteiger partial charge in [0.2, 0.25) is 0 Å². The van der Waals surface area contributed by atoms with E-state index in [0.29, 0.717) is 29.4 Å². The Kier molecular flexibility index (Phi) is 7.19. The maximum Gasteiger partial charge on any atom is 0.289 e. The summed E-state index contributed by atoms with van der Waals surface area (Å²) in [6.07, 6.45) is 1.49. The number of aromatic amines is 1. The van der Waals surface area contributed by atoms with Gasteiger partial charge in [0.05, 0.1) is 26.1 Å². The van der Waals surface area contributed by atoms with Gasteiger partial charge < -0.3 is 14.2 Å². The smallest absolute Gasteiger partial charge is 0.289 e. The number of rotatable bonds is 9. The summed E-state index contributed by atoms with van der Waals surface area (Å²) >= 11 is 0. The fraction of sp³-hybridized carbons (Fsp3) is 0.115. The first kappa shape index (κ1) is 22.6. The molecule has 0 saturated heterocycles. The summed E-state index contributed by atoms with van der Waals surface area (Å²) in [7, 11) is 3.14. The zero-order chi connectivity index (χ0) is 23.8. The van der Waals surface area contributed by atoms with Gasteiger partial charge in [-0.25, -0.2) is 5.43 Å². The van der Waals surface area contributed by atoms with Gasteiger partial charge in [0, 0.05) is 11.1 Å². The first-order valence-corrected chi connectivity index (χ1v) is 10.5. The number of benzene rings is 3. The summed E-state index contributed by atoms with van der Waals surface area (Å²) in [4.78, 5) is 12.5. The van der Waals surface area contributed by atoms with Crippen LogP contribution in [0.4, 0.5) is 0 Å². The number of hydrogen-bond acceptors (Lipinski definition) is 6. The third-order valence-electron chi connectivity index (χ3n) is 5.03. The number of amides is 1. The van der Waals surface area contributed by atoms with Crippen molar-refractivity contribution >= 4 is 12.1 Å². The number of H-pyrrole nitrogens is 1. The van der Waals surface area contributed by atoms with Crippen LogP contribution in [0.15, 0.2) is 84.0 Å². The lowest BCUT2D eigenvalue weighted by molar-refractivity contribution is 0.0950. The molecule has 8 nitrogen and oxygen atoms in total. The Morgan fingerprint density at radius 1 is 0.971 bits per heavy atom. The largest absolute Gasteiger partial charge is 0.497 e. The molecule has 2 N–H and O–H groups in total. The van der Waals surface area contributed by atoms with Gasteiger partial charge in [0.25, 0.3) is 5.91 Å². The van der Waals surface area contributed by atoms with E-state index in [0.717, 1.165) is 16.9 Å². The van der Waals surface area contributed by atoms with Crippen LogP contribution < -0.4 is 19.6 Å². The molecule has 1 heterocycles. The van der Waals surface area contributed by atoms with Crippen molar-refractivity contribution in [2.24, 2.45) is 5.10 Å². The first-order chi connectivity index (χ1) is 16.7. The Morgan fingerprint density at radius 3 is 2.47 bits per heavy atom. The van der Waals surface area contributed by atoms with Crippen LogP contribution >= 0.6 is 0 Å². The van der Waals surface area contributed by atoms with Gasteiger partial charge in [-0.05, 0) is 54.1 Å². The van der Waals surface area contributed by atoms with Crippen LogP contribution in [0.25, 0.3) is 11.3 Å². The van der Waals surface area contributed by atoms with Gasteiger partial charge in [0.1, 0.15) is 29.5 Å². The highest BCUT2D eigenvalue weighted by atomic mass is 16.5. The Balaban J connectivity index is 1.36. The molecule has 0 saturated carbocycles. The van der Waals surface area contributed by atoms with Crippen LogP contribution in [0.1, 0.15) is 21.6 Å². The second kappa shape index (κ2) is 10.8. The molecule has 172 valence electrons. The quantitative estimate of drug-likeness (QED) is 0.287. The van der Waals surface area contributed by atoms with Crippen molar-refractivity contribution in [3.05, 3.63) is 95.7 Å². The van der Waals surface area contributed by atoms with Crippen molar-refractivity contribution in [3.8, 4) is 28.5 Å². The van der Waals surface area contributed by atoms with Crippen molar-refractivity contribution in [1.29, 1.82) is 0 Å². The minimum atomic E-state index is -0.417. The lowest BCUT2D eigenvalue weighted by Crippen LogP contribution is -2.18. The van der Waals surface area contributed by atoms with E-state index in [1.165, 1.54) is 6.21 Å². The van der Waals surface area contributed by atoms with Crippen molar-refractivity contribution in [2.45, 2.75) is 6.61 Å². The number of hydrogen-bond donors (Lipinski definition) is 2. The summed E-state index contributed by atoms with van der Waals surface area (Å²) < 4.78 is 16.3. The average Bonchev–Trinajstić information content (AvgIpc) is 3.39. The Morgan fingerprint density at radius 2 is 1.74 bits per heavy atom. The zero-order valence-corrected chi connectivity index (χ0v) is 18.8. The highest BCUT2D eigenvalue weighted by Crippen LogP contribution is 2.23. The van der Waals surface area contributed by atoms with E-state index in [1.807, 2.05) is 54.6 Å². The minimum absolute atomic E-state index is 0.286. The number of aromatic nitrogens is 2. The molecule has 0 aliphatic rings. The average molecular weight is 457 g/mol. The molecule has 1 amide bonds. The summed E-state index contributed by atoms with van der Waals surface area (Å²) in [5.41, 5.74) is 6.03. The monoisotopic (exact) mass is 456 g/mol. The molecule has 34 heavy (non-hydrogen) atoms. The molecule has 0 aliphatic carbocycles. The van der Waals surface area contributed by atoms with Crippen molar-refractivity contribution in [2.75, 3.05) is 14.2 Å². The van der Waals surface area contributed by atoms with Gasteiger partial charge in [-0.15, -0.1) is 0 Å². The van der Waals surface area contributed by atoms with Crippen molar-refractivity contribution in [3.63, 3.8) is 0 Å². The SMILES string of the molecule is COc1ccc(OC)c(/C=N/NC(=O)c2cc(-c3ccc(OCc4ccccc4)cc3)n[nH]2)c1. The first-order valence-electron chi connectivity index (χ1n) is 10.5. The number of hydrazone groups is 1. The number of methoxy groups -OCH3 is 2. The predicted octanol–water partition coefficient (Wildman–Crippen LogP) is 4.44. The summed E-state index contributed by atoms with van der Waals surface area (Å²) in [5, 5.41) is 11.0. The van der Waals surface area contributed by atoms with Gasteiger partial charge >= 0.3 is 0 Å². The van der Waals surface area contributed by atoms with E-state index in [1.54, 1.807) is 38.5 Å². The second-order valence-electron chi connectivity index (χ2n) is 7.27. The van der Waals surface area contributed by atoms with E-state index in [-0.39, 0.29) is 5.69 Å². The van der Waals surface area contributed by atoms with E-state index in [9.17, 15) is 4.79 Å². The fourth-order valence-electron chi connectivity index (χ4n) is 3.21. The summed E-state index contributed by atoms with van der Waals surface area (Å²) in [5.74, 6) is 1.60. The number of ether oxygens (including phenoxy) is 3. The second-order valence-corrected chi connectivity index (χ2v) is 7.27. The summed E-state index contributed by atoms with van der Waals surface area (Å²) in [6.45, 7) is 0.495. The number of carbonyl (C=O) groups is 1. The van der Waals surface area contributed by atoms with Gasteiger partial charge in [-0.3, -0.25) is 9.89 Å². The van der Waals surface area contributed by atoms with Crippen LogP contribution in [0, 0.1) is 0 Å². The molecule has 4 rings (SSSR count). The predicted molar refractivity (Wildman–Crippen MR) is 129 cm³/mol. The fourth-order valence-corrected chi connectivity index (χ4v) is 3.21. The van der Waals surface area contributed by atoms with E-state index in [2.05, 4.69) is 20.7 Å². The molecule has 0 atom stereocenters. The minimum Gasteiger partial charge on any atom is -0.497 e. The molecule has 0 aliphatic heterocycles. The maximum atomic E-state index is 12.5. The molecule has 8 heteroatoms. The molecule has 0 bridgehead atoms. The van der Waals surface area contributed by atoms with Crippen molar-refractivity contribution < 1.29 is 19.0 Å².